The van der Waals surface area contributed by atoms with Crippen molar-refractivity contribution in [2.75, 3.05) is 13.2 Å². The Hall–Kier alpha value is -2.34. The fourth-order valence-corrected chi connectivity index (χ4v) is 2.81. The first-order valence-electron chi connectivity index (χ1n) is 9.08. The Labute approximate surface area is 153 Å². The summed E-state index contributed by atoms with van der Waals surface area (Å²) in [6.45, 7) is 6.07. The summed E-state index contributed by atoms with van der Waals surface area (Å²) in [6, 6.07) is 5.17. The van der Waals surface area contributed by atoms with Crippen molar-refractivity contribution in [2.24, 2.45) is 0 Å². The third-order valence-electron chi connectivity index (χ3n) is 4.14. The van der Waals surface area contributed by atoms with Crippen LogP contribution in [0.1, 0.15) is 44.2 Å². The van der Waals surface area contributed by atoms with E-state index in [0.717, 1.165) is 35.8 Å². The number of benzene rings is 1. The first-order valence-corrected chi connectivity index (χ1v) is 9.08. The first-order chi connectivity index (χ1) is 12.5. The van der Waals surface area contributed by atoms with Gasteiger partial charge in [-0.05, 0) is 56.4 Å². The van der Waals surface area contributed by atoms with Gasteiger partial charge in [0, 0.05) is 19.2 Å². The lowest BCUT2D eigenvalue weighted by Gasteiger charge is -2.18. The van der Waals surface area contributed by atoms with Crippen LogP contribution in [0.15, 0.2) is 27.4 Å². The molecule has 0 bridgehead atoms. The normalized spacial score (nSPS) is 12.2. The highest BCUT2D eigenvalue weighted by molar-refractivity contribution is 5.88. The monoisotopic (exact) mass is 361 g/mol. The standard InChI is InChI=1S/C20H27NO5/c1-4-5-7-15-12-18(23)26-17-11-13(2)10-16(19(15)17)25-14(3)20(24)21-8-6-9-22/h10-12,14,22H,4-9H2,1-3H3,(H,21,24). The third-order valence-corrected chi connectivity index (χ3v) is 4.14. The SMILES string of the molecule is CCCCc1cc(=O)oc2cc(C)cc(OC(C)C(=O)NCCCO)c12. The van der Waals surface area contributed by atoms with Crippen LogP contribution in [0, 0.1) is 6.92 Å². The van der Waals surface area contributed by atoms with Gasteiger partial charge in [0.1, 0.15) is 11.3 Å². The van der Waals surface area contributed by atoms with Gasteiger partial charge in [0.25, 0.3) is 5.91 Å². The van der Waals surface area contributed by atoms with Crippen molar-refractivity contribution in [3.63, 3.8) is 0 Å². The number of nitrogens with one attached hydrogen (secondary N) is 1. The number of carbonyl (C=O) groups excluding carboxylic acids is 1. The van der Waals surface area contributed by atoms with Crippen molar-refractivity contribution in [3.8, 4) is 5.75 Å². The third kappa shape index (κ3) is 5.08. The van der Waals surface area contributed by atoms with Crippen LogP contribution in [-0.4, -0.2) is 30.3 Å². The summed E-state index contributed by atoms with van der Waals surface area (Å²) < 4.78 is 11.3. The molecule has 6 nitrogen and oxygen atoms in total. The molecule has 1 aromatic carbocycles. The molecule has 0 spiro atoms. The molecule has 1 amide bonds. The molecule has 142 valence electrons. The summed E-state index contributed by atoms with van der Waals surface area (Å²) in [4.78, 5) is 24.0. The van der Waals surface area contributed by atoms with Crippen molar-refractivity contribution >= 4 is 16.9 Å². The Kier molecular flexibility index (Phi) is 7.21. The van der Waals surface area contributed by atoms with Gasteiger partial charge in [-0.15, -0.1) is 0 Å². The zero-order chi connectivity index (χ0) is 19.1. The van der Waals surface area contributed by atoms with Crippen LogP contribution < -0.4 is 15.7 Å². The van der Waals surface area contributed by atoms with E-state index in [9.17, 15) is 9.59 Å². The minimum Gasteiger partial charge on any atom is -0.480 e. The van der Waals surface area contributed by atoms with Gasteiger partial charge in [-0.1, -0.05) is 13.3 Å². The quantitative estimate of drug-likeness (QED) is 0.529. The Morgan fingerprint density at radius 3 is 2.77 bits per heavy atom. The zero-order valence-electron chi connectivity index (χ0n) is 15.6. The number of aliphatic hydroxyl groups is 1. The molecule has 6 heteroatoms. The molecule has 0 saturated heterocycles. The number of hydrogen-bond donors (Lipinski definition) is 2. The highest BCUT2D eigenvalue weighted by Crippen LogP contribution is 2.31. The van der Waals surface area contributed by atoms with Crippen molar-refractivity contribution in [3.05, 3.63) is 39.7 Å². The Morgan fingerprint density at radius 1 is 1.31 bits per heavy atom. The van der Waals surface area contributed by atoms with E-state index in [-0.39, 0.29) is 18.1 Å². The second kappa shape index (κ2) is 9.38. The summed E-state index contributed by atoms with van der Waals surface area (Å²) in [5, 5.41) is 12.3. The second-order valence-corrected chi connectivity index (χ2v) is 6.46. The maximum absolute atomic E-state index is 12.2. The Morgan fingerprint density at radius 2 is 2.08 bits per heavy atom. The van der Waals surface area contributed by atoms with Gasteiger partial charge in [0.2, 0.25) is 0 Å². The molecule has 0 fully saturated rings. The van der Waals surface area contributed by atoms with Gasteiger partial charge < -0.3 is 19.6 Å². The lowest BCUT2D eigenvalue weighted by atomic mass is 10.0. The number of aliphatic hydroxyl groups excluding tert-OH is 1. The molecule has 0 radical (unpaired) electrons. The summed E-state index contributed by atoms with van der Waals surface area (Å²) in [5.41, 5.74) is 1.86. The summed E-state index contributed by atoms with van der Waals surface area (Å²) in [7, 11) is 0. The molecular weight excluding hydrogens is 334 g/mol. The van der Waals surface area contributed by atoms with E-state index in [0.29, 0.717) is 24.3 Å². The summed E-state index contributed by atoms with van der Waals surface area (Å²) in [5.74, 6) is 0.292. The van der Waals surface area contributed by atoms with Crippen molar-refractivity contribution in [1.82, 2.24) is 5.32 Å². The van der Waals surface area contributed by atoms with Gasteiger partial charge in [-0.25, -0.2) is 4.79 Å². The van der Waals surface area contributed by atoms with Gasteiger partial charge in [-0.3, -0.25) is 4.79 Å². The molecule has 1 aromatic heterocycles. The van der Waals surface area contributed by atoms with E-state index in [4.69, 9.17) is 14.3 Å². The van der Waals surface area contributed by atoms with Crippen molar-refractivity contribution < 1.29 is 19.1 Å². The van der Waals surface area contributed by atoms with Gasteiger partial charge in [0.15, 0.2) is 6.10 Å². The molecule has 0 saturated carbocycles. The molecule has 2 aromatic rings. The molecule has 1 heterocycles. The van der Waals surface area contributed by atoms with E-state index in [1.165, 1.54) is 6.07 Å². The summed E-state index contributed by atoms with van der Waals surface area (Å²) in [6.07, 6.45) is 2.49. The first kappa shape index (κ1) is 20.0. The number of amides is 1. The summed E-state index contributed by atoms with van der Waals surface area (Å²) >= 11 is 0. The molecule has 1 atom stereocenters. The van der Waals surface area contributed by atoms with Crippen molar-refractivity contribution in [2.45, 2.75) is 52.6 Å². The van der Waals surface area contributed by atoms with Gasteiger partial charge in [-0.2, -0.15) is 0 Å². The van der Waals surface area contributed by atoms with Crippen LogP contribution in [0.25, 0.3) is 11.0 Å². The molecule has 0 aliphatic carbocycles. The molecular formula is C20H27NO5. The molecule has 0 aliphatic rings. The van der Waals surface area contributed by atoms with Crippen molar-refractivity contribution in [1.29, 1.82) is 0 Å². The smallest absolute Gasteiger partial charge is 0.336 e. The highest BCUT2D eigenvalue weighted by Gasteiger charge is 2.18. The average molecular weight is 361 g/mol. The van der Waals surface area contributed by atoms with Gasteiger partial charge >= 0.3 is 5.63 Å². The van der Waals surface area contributed by atoms with Crippen LogP contribution in [0.5, 0.6) is 5.75 Å². The highest BCUT2D eigenvalue weighted by atomic mass is 16.5. The number of hydrogen-bond acceptors (Lipinski definition) is 5. The van der Waals surface area contributed by atoms with Crippen LogP contribution >= 0.6 is 0 Å². The lowest BCUT2D eigenvalue weighted by molar-refractivity contribution is -0.127. The topological polar surface area (TPSA) is 88.8 Å². The average Bonchev–Trinajstić information content (AvgIpc) is 2.58. The maximum Gasteiger partial charge on any atom is 0.336 e. The predicted octanol–water partition coefficient (Wildman–Crippen LogP) is 2.71. The molecule has 0 aliphatic heterocycles. The predicted molar refractivity (Wildman–Crippen MR) is 101 cm³/mol. The Bertz CT molecular complexity index is 812. The number of fused-ring (bicyclic) bond motifs is 1. The number of unbranched alkanes of at least 4 members (excludes halogenated alkanes) is 1. The molecule has 26 heavy (non-hydrogen) atoms. The molecule has 1 unspecified atom stereocenters. The van der Waals surface area contributed by atoms with Crippen LogP contribution in [-0.2, 0) is 11.2 Å². The van der Waals surface area contributed by atoms with Gasteiger partial charge in [0.05, 0.1) is 5.39 Å². The van der Waals surface area contributed by atoms with E-state index in [1.807, 2.05) is 19.1 Å². The van der Waals surface area contributed by atoms with Crippen LogP contribution in [0.3, 0.4) is 0 Å². The number of carbonyl (C=O) groups is 1. The van der Waals surface area contributed by atoms with E-state index in [2.05, 4.69) is 12.2 Å². The lowest BCUT2D eigenvalue weighted by Crippen LogP contribution is -2.37. The fourth-order valence-electron chi connectivity index (χ4n) is 2.81. The zero-order valence-corrected chi connectivity index (χ0v) is 15.6. The minimum absolute atomic E-state index is 0.0257. The molecule has 2 rings (SSSR count). The van der Waals surface area contributed by atoms with Crippen LogP contribution in [0.4, 0.5) is 0 Å². The number of rotatable bonds is 9. The fraction of sp³-hybridized carbons (Fsp3) is 0.500. The number of aryl methyl sites for hydroxylation is 2. The van der Waals surface area contributed by atoms with E-state index < -0.39 is 6.10 Å². The molecule has 2 N–H and O–H groups in total. The second-order valence-electron chi connectivity index (χ2n) is 6.46. The number of ether oxygens (including phenoxy) is 1. The largest absolute Gasteiger partial charge is 0.480 e. The maximum atomic E-state index is 12.2. The minimum atomic E-state index is -0.704. The van der Waals surface area contributed by atoms with Crippen LogP contribution in [0.2, 0.25) is 0 Å². The van der Waals surface area contributed by atoms with E-state index >= 15 is 0 Å². The Balaban J connectivity index is 2.36. The van der Waals surface area contributed by atoms with E-state index in [1.54, 1.807) is 6.92 Å².